The van der Waals surface area contributed by atoms with E-state index in [0.717, 1.165) is 51.4 Å². The molecule has 1 aliphatic heterocycles. The van der Waals surface area contributed by atoms with Gasteiger partial charge in [-0.25, -0.2) is 0 Å². The maximum atomic E-state index is 12.9. The van der Waals surface area contributed by atoms with Crippen LogP contribution in [0.25, 0.3) is 0 Å². The van der Waals surface area contributed by atoms with Gasteiger partial charge in [0.25, 0.3) is 0 Å². The van der Waals surface area contributed by atoms with E-state index in [1.807, 2.05) is 0 Å². The summed E-state index contributed by atoms with van der Waals surface area (Å²) < 4.78 is 11.0. The van der Waals surface area contributed by atoms with Crippen molar-refractivity contribution in [2.24, 2.45) is 0 Å². The molecule has 11 nitrogen and oxygen atoms in total. The Morgan fingerprint density at radius 1 is 0.694 bits per heavy atom. The van der Waals surface area contributed by atoms with E-state index in [-0.39, 0.29) is 12.8 Å². The third-order valence-corrected chi connectivity index (χ3v) is 9.23. The molecule has 1 aliphatic rings. The van der Waals surface area contributed by atoms with E-state index >= 15 is 0 Å². The Labute approximate surface area is 295 Å². The van der Waals surface area contributed by atoms with Crippen LogP contribution in [0.5, 0.6) is 0 Å². The van der Waals surface area contributed by atoms with Crippen LogP contribution in [0.4, 0.5) is 0 Å². The van der Waals surface area contributed by atoms with Crippen LogP contribution >= 0.6 is 0 Å². The molecule has 0 radical (unpaired) electrons. The fourth-order valence-corrected chi connectivity index (χ4v) is 5.89. The zero-order chi connectivity index (χ0) is 36.3. The topological polar surface area (TPSA) is 189 Å². The Balaban J connectivity index is 2.61. The van der Waals surface area contributed by atoms with E-state index in [2.05, 4.69) is 43.5 Å². The molecule has 1 heterocycles. The number of amides is 1. The van der Waals surface area contributed by atoms with E-state index in [9.17, 15) is 40.5 Å². The summed E-state index contributed by atoms with van der Waals surface area (Å²) in [6, 6.07) is -1.18. The lowest BCUT2D eigenvalue weighted by Gasteiger charge is -2.40. The van der Waals surface area contributed by atoms with Crippen molar-refractivity contribution in [3.8, 4) is 0 Å². The van der Waals surface area contributed by atoms with Crippen LogP contribution in [0.15, 0.2) is 24.3 Å². The average molecular weight is 702 g/mol. The second-order valence-corrected chi connectivity index (χ2v) is 13.6. The molecule has 0 aromatic carbocycles. The highest BCUT2D eigenvalue weighted by atomic mass is 16.7. The number of aliphatic hydroxyl groups excluding tert-OH is 7. The molecule has 9 atom stereocenters. The first-order chi connectivity index (χ1) is 23.7. The van der Waals surface area contributed by atoms with Gasteiger partial charge in [-0.15, -0.1) is 0 Å². The third-order valence-electron chi connectivity index (χ3n) is 9.23. The number of unbranched alkanes of at least 4 members (excludes halogenated alkanes) is 14. The number of aliphatic hydroxyl groups is 7. The zero-order valence-corrected chi connectivity index (χ0v) is 30.4. The van der Waals surface area contributed by atoms with Crippen LogP contribution in [0, 0.1) is 0 Å². The van der Waals surface area contributed by atoms with Gasteiger partial charge in [0.2, 0.25) is 5.91 Å². The van der Waals surface area contributed by atoms with E-state index in [4.69, 9.17) is 9.47 Å². The molecule has 0 spiro atoms. The molecule has 1 fully saturated rings. The molecule has 0 bridgehead atoms. The highest BCUT2D eigenvalue weighted by molar-refractivity contribution is 5.80. The minimum atomic E-state index is -1.67. The van der Waals surface area contributed by atoms with Crippen molar-refractivity contribution >= 4 is 5.91 Å². The van der Waals surface area contributed by atoms with Crippen LogP contribution in [-0.4, -0.2) is 110 Å². The molecule has 11 heteroatoms. The fraction of sp³-hybridized carbons (Fsp3) is 0.868. The van der Waals surface area contributed by atoms with Crippen LogP contribution < -0.4 is 5.32 Å². The molecule has 1 saturated heterocycles. The summed E-state index contributed by atoms with van der Waals surface area (Å²) in [5.74, 6) is -0.725. The van der Waals surface area contributed by atoms with Gasteiger partial charge in [-0.1, -0.05) is 109 Å². The first kappa shape index (κ1) is 45.6. The number of ether oxygens (including phenoxy) is 2. The molecule has 0 aliphatic carbocycles. The van der Waals surface area contributed by atoms with Gasteiger partial charge in [0.15, 0.2) is 6.29 Å². The molecular weight excluding hydrogens is 630 g/mol. The highest BCUT2D eigenvalue weighted by Crippen LogP contribution is 2.23. The monoisotopic (exact) mass is 702 g/mol. The molecule has 9 unspecified atom stereocenters. The predicted molar refractivity (Wildman–Crippen MR) is 192 cm³/mol. The Hall–Kier alpha value is -1.41. The largest absolute Gasteiger partial charge is 0.394 e. The first-order valence-corrected chi connectivity index (χ1v) is 19.2. The zero-order valence-electron chi connectivity index (χ0n) is 30.4. The number of nitrogens with one attached hydrogen (secondary N) is 1. The molecule has 49 heavy (non-hydrogen) atoms. The number of carbonyl (C=O) groups excluding carboxylic acids is 1. The van der Waals surface area contributed by atoms with Gasteiger partial charge in [0.1, 0.15) is 36.6 Å². The van der Waals surface area contributed by atoms with E-state index in [0.29, 0.717) is 12.8 Å². The Kier molecular flexibility index (Phi) is 27.2. The molecule has 0 saturated carbocycles. The molecule has 0 aromatic heterocycles. The summed E-state index contributed by atoms with van der Waals surface area (Å²) in [5, 5.41) is 75.0. The van der Waals surface area contributed by atoms with Crippen LogP contribution in [0.3, 0.4) is 0 Å². The SMILES string of the molecule is CCCC/C=C\CCCCCC(O)C(=O)NC(COC1OC(CO)C(O)C(O)C1O)C(O)C(O)CCC/C=C/CCCCCCCCCC. The van der Waals surface area contributed by atoms with Gasteiger partial charge < -0.3 is 50.5 Å². The lowest BCUT2D eigenvalue weighted by Crippen LogP contribution is -2.60. The highest BCUT2D eigenvalue weighted by Gasteiger charge is 2.44. The Bertz CT molecular complexity index is 856. The van der Waals surface area contributed by atoms with Crippen molar-refractivity contribution in [2.45, 2.75) is 197 Å². The van der Waals surface area contributed by atoms with Crippen LogP contribution in [0.2, 0.25) is 0 Å². The van der Waals surface area contributed by atoms with Gasteiger partial charge in [-0.3, -0.25) is 4.79 Å². The van der Waals surface area contributed by atoms with E-state index in [1.165, 1.54) is 51.4 Å². The van der Waals surface area contributed by atoms with Crippen LogP contribution in [-0.2, 0) is 14.3 Å². The lowest BCUT2D eigenvalue weighted by molar-refractivity contribution is -0.303. The maximum absolute atomic E-state index is 12.9. The number of rotatable bonds is 30. The second-order valence-electron chi connectivity index (χ2n) is 13.6. The number of hydrogen-bond donors (Lipinski definition) is 8. The van der Waals surface area contributed by atoms with Gasteiger partial charge in [0.05, 0.1) is 25.4 Å². The molecule has 1 rings (SSSR count). The van der Waals surface area contributed by atoms with Crippen molar-refractivity contribution in [2.75, 3.05) is 13.2 Å². The van der Waals surface area contributed by atoms with Crippen molar-refractivity contribution in [3.05, 3.63) is 24.3 Å². The fourth-order valence-electron chi connectivity index (χ4n) is 5.89. The third kappa shape index (κ3) is 20.3. The molecule has 0 aromatic rings. The Morgan fingerprint density at radius 3 is 1.82 bits per heavy atom. The summed E-state index contributed by atoms with van der Waals surface area (Å²) in [6.45, 7) is 3.30. The molecule has 1 amide bonds. The summed E-state index contributed by atoms with van der Waals surface area (Å²) in [5.41, 5.74) is 0. The lowest BCUT2D eigenvalue weighted by atomic mass is 9.98. The normalized spacial score (nSPS) is 24.0. The average Bonchev–Trinajstić information content (AvgIpc) is 3.10. The minimum absolute atomic E-state index is 0.232. The summed E-state index contributed by atoms with van der Waals surface area (Å²) in [4.78, 5) is 12.9. The molecular formula is C38H71NO10. The number of allylic oxidation sites excluding steroid dienone is 4. The maximum Gasteiger partial charge on any atom is 0.249 e. The smallest absolute Gasteiger partial charge is 0.249 e. The number of hydrogen-bond acceptors (Lipinski definition) is 10. The van der Waals surface area contributed by atoms with E-state index in [1.54, 1.807) is 0 Å². The van der Waals surface area contributed by atoms with Gasteiger partial charge >= 0.3 is 0 Å². The van der Waals surface area contributed by atoms with Gasteiger partial charge in [0, 0.05) is 0 Å². The van der Waals surface area contributed by atoms with Crippen LogP contribution in [0.1, 0.15) is 142 Å². The van der Waals surface area contributed by atoms with Crippen molar-refractivity contribution in [3.63, 3.8) is 0 Å². The first-order valence-electron chi connectivity index (χ1n) is 19.2. The molecule has 8 N–H and O–H groups in total. The summed E-state index contributed by atoms with van der Waals surface area (Å²) >= 11 is 0. The van der Waals surface area contributed by atoms with Gasteiger partial charge in [-0.2, -0.15) is 0 Å². The van der Waals surface area contributed by atoms with Gasteiger partial charge in [-0.05, 0) is 57.8 Å². The summed E-state index contributed by atoms with van der Waals surface area (Å²) in [6.07, 6.45) is 16.9. The predicted octanol–water partition coefficient (Wildman–Crippen LogP) is 4.32. The second kappa shape index (κ2) is 29.2. The minimum Gasteiger partial charge on any atom is -0.394 e. The molecule has 288 valence electrons. The van der Waals surface area contributed by atoms with Crippen molar-refractivity contribution < 1.29 is 50.0 Å². The standard InChI is InChI=1S/C38H71NO10/c1-3-5-7-9-11-13-14-15-16-18-19-21-23-25-30(41)33(43)29(28-48-38-36(46)35(45)34(44)32(27-40)49-38)39-37(47)31(42)26-24-22-20-17-12-10-8-6-4-2/h10,12,18-19,29-36,38,40-46H,3-9,11,13-17,20-28H2,1-2H3,(H,39,47)/b12-10-,19-18+. The summed E-state index contributed by atoms with van der Waals surface area (Å²) in [7, 11) is 0. The Morgan fingerprint density at radius 2 is 1.22 bits per heavy atom. The van der Waals surface area contributed by atoms with Crippen molar-refractivity contribution in [1.82, 2.24) is 5.32 Å². The quantitative estimate of drug-likeness (QED) is 0.0396. The van der Waals surface area contributed by atoms with E-state index < -0.39 is 74.2 Å². The number of carbonyl (C=O) groups is 1. The van der Waals surface area contributed by atoms with Crippen molar-refractivity contribution in [1.29, 1.82) is 0 Å².